The quantitative estimate of drug-likeness (QED) is 0.581. The van der Waals surface area contributed by atoms with Gasteiger partial charge in [-0.05, 0) is 38.1 Å². The molecule has 0 radical (unpaired) electrons. The number of ether oxygens (including phenoxy) is 2. The Bertz CT molecular complexity index is 917. The number of carbonyl (C=O) groups excluding carboxylic acids is 1. The van der Waals surface area contributed by atoms with Crippen LogP contribution in [0.5, 0.6) is 11.5 Å². The van der Waals surface area contributed by atoms with Gasteiger partial charge in [-0.15, -0.1) is 0 Å². The average Bonchev–Trinajstić information content (AvgIpc) is 2.65. The predicted molar refractivity (Wildman–Crippen MR) is 107 cm³/mol. The number of likely N-dealkylation sites (N-methyl/N-ethyl adjacent to an activating group) is 1. The number of benzene rings is 2. The van der Waals surface area contributed by atoms with E-state index in [0.29, 0.717) is 37.7 Å². The maximum Gasteiger partial charge on any atom is 0.248 e. The van der Waals surface area contributed by atoms with E-state index in [4.69, 9.17) is 20.3 Å². The minimum absolute atomic E-state index is 0.0225. The van der Waals surface area contributed by atoms with Crippen LogP contribution in [-0.2, 0) is 14.8 Å². The van der Waals surface area contributed by atoms with Gasteiger partial charge >= 0.3 is 0 Å². The Balaban J connectivity index is 2.66. The van der Waals surface area contributed by atoms with Crippen molar-refractivity contribution in [3.8, 4) is 11.5 Å². The Morgan fingerprint density at radius 3 is 2.36 bits per heavy atom. The molecule has 1 amide bonds. The molecule has 4 N–H and O–H groups in total. The van der Waals surface area contributed by atoms with Crippen molar-refractivity contribution in [3.63, 3.8) is 0 Å². The van der Waals surface area contributed by atoms with Crippen molar-refractivity contribution in [3.05, 3.63) is 48.0 Å². The number of para-hydroxylation sites is 1. The summed E-state index contributed by atoms with van der Waals surface area (Å²) in [5.41, 5.74) is 5.82. The highest BCUT2D eigenvalue weighted by Crippen LogP contribution is 2.39. The Labute approximate surface area is 165 Å². The van der Waals surface area contributed by atoms with Gasteiger partial charge in [0.2, 0.25) is 15.9 Å². The first-order valence-electron chi connectivity index (χ1n) is 8.84. The fourth-order valence-electron chi connectivity index (χ4n) is 2.65. The fourth-order valence-corrected chi connectivity index (χ4v) is 3.35. The summed E-state index contributed by atoms with van der Waals surface area (Å²) >= 11 is 0. The van der Waals surface area contributed by atoms with Gasteiger partial charge in [-0.2, -0.15) is 0 Å². The van der Waals surface area contributed by atoms with Gasteiger partial charge in [-0.25, -0.2) is 13.6 Å². The average molecular weight is 407 g/mol. The lowest BCUT2D eigenvalue weighted by atomic mass is 10.1. The molecule has 8 nitrogen and oxygen atoms in total. The Morgan fingerprint density at radius 1 is 1.14 bits per heavy atom. The Morgan fingerprint density at radius 2 is 1.82 bits per heavy atom. The van der Waals surface area contributed by atoms with Crippen molar-refractivity contribution in [1.29, 1.82) is 0 Å². The van der Waals surface area contributed by atoms with E-state index in [1.54, 1.807) is 24.3 Å². The number of sulfonamides is 1. The number of nitrogens with two attached hydrogens (primary N) is 2. The van der Waals surface area contributed by atoms with Crippen molar-refractivity contribution in [1.82, 2.24) is 0 Å². The molecule has 0 saturated heterocycles. The molecule has 2 aromatic rings. The van der Waals surface area contributed by atoms with E-state index in [1.807, 2.05) is 24.8 Å². The number of hydrogen-bond donors (Lipinski definition) is 2. The first-order chi connectivity index (χ1) is 13.3. The van der Waals surface area contributed by atoms with Gasteiger partial charge in [-0.1, -0.05) is 18.2 Å². The van der Waals surface area contributed by atoms with Crippen LogP contribution in [0.4, 0.5) is 5.69 Å². The van der Waals surface area contributed by atoms with Crippen LogP contribution in [0.2, 0.25) is 0 Å². The van der Waals surface area contributed by atoms with Crippen molar-refractivity contribution < 1.29 is 22.7 Å². The fraction of sp³-hybridized carbons (Fsp3) is 0.316. The van der Waals surface area contributed by atoms with E-state index < -0.39 is 15.9 Å². The third-order valence-electron chi connectivity index (χ3n) is 4.02. The molecule has 0 aromatic heterocycles. The van der Waals surface area contributed by atoms with Crippen LogP contribution in [0.15, 0.2) is 47.4 Å². The zero-order valence-corrected chi connectivity index (χ0v) is 16.7. The summed E-state index contributed by atoms with van der Waals surface area (Å²) in [6.07, 6.45) is 0. The second kappa shape index (κ2) is 9.54. The normalized spacial score (nSPS) is 11.2. The molecule has 0 unspecified atom stereocenters. The number of nitrogens with zero attached hydrogens (tertiary/aromatic N) is 1. The zero-order valence-electron chi connectivity index (χ0n) is 15.9. The largest absolute Gasteiger partial charge is 0.454 e. The zero-order chi connectivity index (χ0) is 20.7. The molecule has 0 atom stereocenters. The lowest BCUT2D eigenvalue weighted by Crippen LogP contribution is -2.29. The molecule has 152 valence electrons. The molecule has 0 aliphatic rings. The van der Waals surface area contributed by atoms with E-state index in [0.717, 1.165) is 6.07 Å². The first-order valence-corrected chi connectivity index (χ1v) is 10.4. The highest BCUT2D eigenvalue weighted by Gasteiger charge is 2.25. The van der Waals surface area contributed by atoms with Crippen LogP contribution in [0.25, 0.3) is 0 Å². The number of primary amides is 1. The lowest BCUT2D eigenvalue weighted by Gasteiger charge is -2.27. The molecule has 0 heterocycles. The van der Waals surface area contributed by atoms with Gasteiger partial charge in [0.1, 0.15) is 10.6 Å². The lowest BCUT2D eigenvalue weighted by molar-refractivity contribution is 0.1000. The summed E-state index contributed by atoms with van der Waals surface area (Å²) in [6.45, 7) is 5.72. The van der Waals surface area contributed by atoms with Crippen LogP contribution >= 0.6 is 0 Å². The van der Waals surface area contributed by atoms with E-state index in [1.165, 1.54) is 6.07 Å². The summed E-state index contributed by atoms with van der Waals surface area (Å²) in [7, 11) is -4.19. The van der Waals surface area contributed by atoms with Crippen molar-refractivity contribution in [2.24, 2.45) is 10.9 Å². The molecule has 2 rings (SSSR count). The van der Waals surface area contributed by atoms with Gasteiger partial charge in [0, 0.05) is 25.3 Å². The van der Waals surface area contributed by atoms with Gasteiger partial charge in [0.05, 0.1) is 12.3 Å². The van der Waals surface area contributed by atoms with Gasteiger partial charge in [0.15, 0.2) is 5.75 Å². The van der Waals surface area contributed by atoms with E-state index in [2.05, 4.69) is 0 Å². The maximum absolute atomic E-state index is 12.2. The van der Waals surface area contributed by atoms with Gasteiger partial charge in [0.25, 0.3) is 0 Å². The summed E-state index contributed by atoms with van der Waals surface area (Å²) in [6, 6.07) is 11.3. The number of anilines is 1. The Kier molecular flexibility index (Phi) is 7.38. The molecular formula is C19H25N3O5S. The highest BCUT2D eigenvalue weighted by atomic mass is 32.2. The van der Waals surface area contributed by atoms with Crippen LogP contribution in [-0.4, -0.2) is 40.6 Å². The number of hydrogen-bond acceptors (Lipinski definition) is 6. The molecule has 0 aliphatic carbocycles. The van der Waals surface area contributed by atoms with Crippen LogP contribution in [0.3, 0.4) is 0 Å². The summed E-state index contributed by atoms with van der Waals surface area (Å²) in [5, 5.41) is 5.41. The van der Waals surface area contributed by atoms with Gasteiger partial charge < -0.3 is 20.1 Å². The summed E-state index contributed by atoms with van der Waals surface area (Å²) in [5.74, 6) is -0.295. The number of amides is 1. The molecule has 9 heteroatoms. The molecule has 2 aromatic carbocycles. The smallest absolute Gasteiger partial charge is 0.248 e. The standard InChI is InChI=1S/C19H25N3O5S/c1-3-22(10-11-26-4-2)16-12-14(19(20)23)13-17(28(21,24)25)18(16)27-15-8-6-5-7-9-15/h5-9,12-13H,3-4,10-11H2,1-2H3,(H2,20,23)(H2,21,24,25). The molecule has 0 fully saturated rings. The molecular weight excluding hydrogens is 382 g/mol. The SMILES string of the molecule is CCOCCN(CC)c1cc(C(N)=O)cc(S(N)(=O)=O)c1Oc1ccccc1. The van der Waals surface area contributed by atoms with E-state index in [9.17, 15) is 13.2 Å². The second-order valence-corrected chi connectivity index (χ2v) is 7.45. The predicted octanol–water partition coefficient (Wildman–Crippen LogP) is 2.09. The third-order valence-corrected chi connectivity index (χ3v) is 4.94. The van der Waals surface area contributed by atoms with Crippen LogP contribution in [0.1, 0.15) is 24.2 Å². The second-order valence-electron chi connectivity index (χ2n) is 5.92. The maximum atomic E-state index is 12.2. The van der Waals surface area contributed by atoms with Crippen molar-refractivity contribution in [2.75, 3.05) is 31.2 Å². The summed E-state index contributed by atoms with van der Waals surface area (Å²) in [4.78, 5) is 13.3. The topological polar surface area (TPSA) is 125 Å². The van der Waals surface area contributed by atoms with Crippen molar-refractivity contribution in [2.45, 2.75) is 18.7 Å². The summed E-state index contributed by atoms with van der Waals surface area (Å²) < 4.78 is 35.8. The van der Waals surface area contributed by atoms with Crippen LogP contribution < -0.4 is 20.5 Å². The number of rotatable bonds is 10. The van der Waals surface area contributed by atoms with E-state index >= 15 is 0 Å². The minimum atomic E-state index is -4.19. The highest BCUT2D eigenvalue weighted by molar-refractivity contribution is 7.89. The number of carbonyl (C=O) groups is 1. The molecule has 28 heavy (non-hydrogen) atoms. The van der Waals surface area contributed by atoms with Gasteiger partial charge in [-0.3, -0.25) is 4.79 Å². The van der Waals surface area contributed by atoms with Crippen molar-refractivity contribution >= 4 is 21.6 Å². The minimum Gasteiger partial charge on any atom is -0.454 e. The number of primary sulfonamides is 1. The Hall–Kier alpha value is -2.62. The molecule has 0 saturated carbocycles. The molecule has 0 bridgehead atoms. The molecule has 0 aliphatic heterocycles. The monoisotopic (exact) mass is 407 g/mol. The van der Waals surface area contributed by atoms with E-state index in [-0.39, 0.29) is 16.2 Å². The molecule has 0 spiro atoms. The van der Waals surface area contributed by atoms with Crippen LogP contribution in [0, 0.1) is 0 Å². The first kappa shape index (κ1) is 21.7. The third kappa shape index (κ3) is 5.44.